The highest BCUT2D eigenvalue weighted by molar-refractivity contribution is 5.68. The van der Waals surface area contributed by atoms with Crippen LogP contribution in [0.5, 0.6) is 0 Å². The van der Waals surface area contributed by atoms with E-state index in [2.05, 4.69) is 30.2 Å². The summed E-state index contributed by atoms with van der Waals surface area (Å²) >= 11 is 0. The standard InChI is InChI=1S/C19H31N3O2/c1-13-8-9-15(14(2)20-13)21-16-10-11-22(12-19(16,6)7)17(23)24-18(3,4)5/h8-9,16,21H,10-12H2,1-7H3. The highest BCUT2D eigenvalue weighted by Crippen LogP contribution is 2.33. The molecule has 0 spiro atoms. The van der Waals surface area contributed by atoms with Crippen LogP contribution in [-0.4, -0.2) is 40.7 Å². The Kier molecular flexibility index (Phi) is 5.11. The zero-order chi connectivity index (χ0) is 18.1. The van der Waals surface area contributed by atoms with Crippen molar-refractivity contribution in [3.05, 3.63) is 23.5 Å². The third-order valence-corrected chi connectivity index (χ3v) is 4.44. The highest BCUT2D eigenvalue weighted by Gasteiger charge is 2.39. The van der Waals surface area contributed by atoms with Crippen LogP contribution < -0.4 is 5.32 Å². The Hall–Kier alpha value is -1.78. The van der Waals surface area contributed by atoms with Gasteiger partial charge in [-0.05, 0) is 53.2 Å². The van der Waals surface area contributed by atoms with Gasteiger partial charge in [0.05, 0.1) is 11.4 Å². The second kappa shape index (κ2) is 6.61. The topological polar surface area (TPSA) is 54.5 Å². The number of anilines is 1. The summed E-state index contributed by atoms with van der Waals surface area (Å²) in [5.41, 5.74) is 2.61. The number of aryl methyl sites for hydroxylation is 2. The van der Waals surface area contributed by atoms with Gasteiger partial charge in [0.1, 0.15) is 5.60 Å². The predicted molar refractivity (Wildman–Crippen MR) is 97.3 cm³/mol. The number of piperidine rings is 1. The van der Waals surface area contributed by atoms with Gasteiger partial charge < -0.3 is 15.0 Å². The number of amides is 1. The normalized spacial score (nSPS) is 20.6. The van der Waals surface area contributed by atoms with E-state index < -0.39 is 5.60 Å². The van der Waals surface area contributed by atoms with Gasteiger partial charge in [-0.1, -0.05) is 13.8 Å². The molecule has 2 heterocycles. The van der Waals surface area contributed by atoms with Crippen LogP contribution in [-0.2, 0) is 4.74 Å². The minimum atomic E-state index is -0.457. The monoisotopic (exact) mass is 333 g/mol. The van der Waals surface area contributed by atoms with Gasteiger partial charge in [0, 0.05) is 30.2 Å². The predicted octanol–water partition coefficient (Wildman–Crippen LogP) is 4.15. The third kappa shape index (κ3) is 4.62. The number of aromatic nitrogens is 1. The van der Waals surface area contributed by atoms with Crippen LogP contribution in [0.1, 0.15) is 52.4 Å². The number of nitrogens with one attached hydrogen (secondary N) is 1. The fourth-order valence-corrected chi connectivity index (χ4v) is 3.13. The average Bonchev–Trinajstić information content (AvgIpc) is 2.41. The molecule has 0 aromatic carbocycles. The summed E-state index contributed by atoms with van der Waals surface area (Å²) < 4.78 is 5.51. The van der Waals surface area contributed by atoms with Crippen molar-refractivity contribution in [2.75, 3.05) is 18.4 Å². The Morgan fingerprint density at radius 1 is 1.33 bits per heavy atom. The molecule has 1 N–H and O–H groups in total. The smallest absolute Gasteiger partial charge is 0.410 e. The first-order chi connectivity index (χ1) is 11.0. The van der Waals surface area contributed by atoms with Crippen LogP contribution in [0.15, 0.2) is 12.1 Å². The molecule has 1 saturated heterocycles. The van der Waals surface area contributed by atoms with E-state index in [0.29, 0.717) is 19.1 Å². The molecule has 5 nitrogen and oxygen atoms in total. The van der Waals surface area contributed by atoms with Gasteiger partial charge in [-0.15, -0.1) is 0 Å². The lowest BCUT2D eigenvalue weighted by atomic mass is 9.79. The molecule has 1 atom stereocenters. The van der Waals surface area contributed by atoms with Crippen LogP contribution >= 0.6 is 0 Å². The van der Waals surface area contributed by atoms with Crippen LogP contribution in [0.4, 0.5) is 10.5 Å². The maximum absolute atomic E-state index is 12.3. The number of rotatable bonds is 2. The van der Waals surface area contributed by atoms with Crippen molar-refractivity contribution in [2.24, 2.45) is 5.41 Å². The highest BCUT2D eigenvalue weighted by atomic mass is 16.6. The second-order valence-corrected chi connectivity index (χ2v) is 8.46. The Bertz CT molecular complexity index is 605. The molecule has 0 radical (unpaired) electrons. The lowest BCUT2D eigenvalue weighted by molar-refractivity contribution is 0.00691. The summed E-state index contributed by atoms with van der Waals surface area (Å²) in [7, 11) is 0. The molecule has 0 saturated carbocycles. The average molecular weight is 333 g/mol. The molecule has 1 aromatic rings. The van der Waals surface area contributed by atoms with Crippen LogP contribution in [0.3, 0.4) is 0 Å². The number of hydrogen-bond donors (Lipinski definition) is 1. The van der Waals surface area contributed by atoms with Crippen molar-refractivity contribution in [2.45, 2.75) is 66.5 Å². The molecule has 1 aliphatic heterocycles. The zero-order valence-electron chi connectivity index (χ0n) is 16.1. The molecule has 134 valence electrons. The first-order valence-corrected chi connectivity index (χ1v) is 8.67. The Labute approximate surface area is 145 Å². The molecular formula is C19H31N3O2. The number of carbonyl (C=O) groups is 1. The number of hydrogen-bond acceptors (Lipinski definition) is 4. The molecule has 24 heavy (non-hydrogen) atoms. The zero-order valence-corrected chi connectivity index (χ0v) is 16.1. The van der Waals surface area contributed by atoms with Gasteiger partial charge >= 0.3 is 6.09 Å². The first-order valence-electron chi connectivity index (χ1n) is 8.67. The van der Waals surface area contributed by atoms with Crippen molar-refractivity contribution < 1.29 is 9.53 Å². The van der Waals surface area contributed by atoms with Gasteiger partial charge in [-0.25, -0.2) is 4.79 Å². The number of carbonyl (C=O) groups excluding carboxylic acids is 1. The van der Waals surface area contributed by atoms with E-state index >= 15 is 0 Å². The quantitative estimate of drug-likeness (QED) is 0.883. The van der Waals surface area contributed by atoms with Gasteiger partial charge in [-0.2, -0.15) is 0 Å². The van der Waals surface area contributed by atoms with E-state index in [1.165, 1.54) is 0 Å². The van der Waals surface area contributed by atoms with E-state index in [1.807, 2.05) is 45.6 Å². The third-order valence-electron chi connectivity index (χ3n) is 4.44. The second-order valence-electron chi connectivity index (χ2n) is 8.46. The van der Waals surface area contributed by atoms with Gasteiger partial charge in [0.25, 0.3) is 0 Å². The summed E-state index contributed by atoms with van der Waals surface area (Å²) in [6, 6.07) is 4.41. The van der Waals surface area contributed by atoms with Gasteiger partial charge in [0.15, 0.2) is 0 Å². The molecule has 1 aliphatic rings. The molecule has 5 heteroatoms. The summed E-state index contributed by atoms with van der Waals surface area (Å²) in [5, 5.41) is 3.63. The van der Waals surface area contributed by atoms with Crippen molar-refractivity contribution in [3.8, 4) is 0 Å². The maximum atomic E-state index is 12.3. The summed E-state index contributed by atoms with van der Waals surface area (Å²) in [6.45, 7) is 15.5. The number of pyridine rings is 1. The lowest BCUT2D eigenvalue weighted by Crippen LogP contribution is -2.54. The molecule has 1 aromatic heterocycles. The van der Waals surface area contributed by atoms with Crippen molar-refractivity contribution >= 4 is 11.8 Å². The number of nitrogens with zero attached hydrogens (tertiary/aromatic N) is 2. The summed E-state index contributed by atoms with van der Waals surface area (Å²) in [5.74, 6) is 0. The van der Waals surface area contributed by atoms with Crippen LogP contribution in [0.2, 0.25) is 0 Å². The summed E-state index contributed by atoms with van der Waals surface area (Å²) in [4.78, 5) is 18.7. The molecular weight excluding hydrogens is 302 g/mol. The number of ether oxygens (including phenoxy) is 1. The Balaban J connectivity index is 2.04. The SMILES string of the molecule is Cc1ccc(NC2CCN(C(=O)OC(C)(C)C)CC2(C)C)c(C)n1. The summed E-state index contributed by atoms with van der Waals surface area (Å²) in [6.07, 6.45) is 0.668. The van der Waals surface area contributed by atoms with Gasteiger partial charge in [0.2, 0.25) is 0 Å². The minimum absolute atomic E-state index is 0.0491. The fourth-order valence-electron chi connectivity index (χ4n) is 3.13. The molecule has 0 aliphatic carbocycles. The van der Waals surface area contributed by atoms with Crippen molar-refractivity contribution in [3.63, 3.8) is 0 Å². The van der Waals surface area contributed by atoms with Crippen molar-refractivity contribution in [1.29, 1.82) is 0 Å². The Morgan fingerprint density at radius 3 is 2.54 bits per heavy atom. The van der Waals surface area contributed by atoms with Crippen molar-refractivity contribution in [1.82, 2.24) is 9.88 Å². The van der Waals surface area contributed by atoms with E-state index in [4.69, 9.17) is 4.74 Å². The minimum Gasteiger partial charge on any atom is -0.444 e. The largest absolute Gasteiger partial charge is 0.444 e. The van der Waals surface area contributed by atoms with E-state index in [0.717, 1.165) is 23.5 Å². The van der Waals surface area contributed by atoms with E-state index in [1.54, 1.807) is 0 Å². The fraction of sp³-hybridized carbons (Fsp3) is 0.684. The Morgan fingerprint density at radius 2 is 2.00 bits per heavy atom. The first kappa shape index (κ1) is 18.6. The number of likely N-dealkylation sites (tertiary alicyclic amines) is 1. The molecule has 2 rings (SSSR count). The molecule has 1 fully saturated rings. The van der Waals surface area contributed by atoms with Gasteiger partial charge in [-0.3, -0.25) is 4.98 Å². The van der Waals surface area contributed by atoms with E-state index in [-0.39, 0.29) is 11.5 Å². The van der Waals surface area contributed by atoms with Crippen LogP contribution in [0.25, 0.3) is 0 Å². The van der Waals surface area contributed by atoms with E-state index in [9.17, 15) is 4.79 Å². The molecule has 0 bridgehead atoms. The van der Waals surface area contributed by atoms with Crippen LogP contribution in [0, 0.1) is 19.3 Å². The molecule has 1 unspecified atom stereocenters. The molecule has 1 amide bonds. The maximum Gasteiger partial charge on any atom is 0.410 e. The lowest BCUT2D eigenvalue weighted by Gasteiger charge is -2.45.